The number of urea groups is 1. The number of alkyl halides is 3. The van der Waals surface area contributed by atoms with Crippen molar-refractivity contribution in [3.63, 3.8) is 0 Å². The molecule has 2 N–H and O–H groups in total. The van der Waals surface area contributed by atoms with Crippen LogP contribution in [0.5, 0.6) is 5.88 Å². The Balaban J connectivity index is 1.58. The number of aliphatic hydroxyl groups excluding tert-OH is 1. The van der Waals surface area contributed by atoms with E-state index in [0.717, 1.165) is 0 Å². The van der Waals surface area contributed by atoms with Crippen molar-refractivity contribution in [1.29, 1.82) is 0 Å². The van der Waals surface area contributed by atoms with E-state index in [1.807, 2.05) is 0 Å². The molecule has 3 aromatic rings. The normalized spacial score (nSPS) is 11.2. The molecule has 1 aromatic carbocycles. The first-order valence-electron chi connectivity index (χ1n) is 9.09. The molecule has 0 aliphatic rings. The number of nitrogens with zero attached hydrogens (tertiary/aromatic N) is 4. The van der Waals surface area contributed by atoms with Gasteiger partial charge < -0.3 is 24.6 Å². The minimum atomic E-state index is -4.73. The van der Waals surface area contributed by atoms with Crippen LogP contribution in [0.2, 0.25) is 0 Å². The van der Waals surface area contributed by atoms with Crippen molar-refractivity contribution in [3.05, 3.63) is 54.6 Å². The Bertz CT molecular complexity index is 980. The maximum Gasteiger partial charge on any atom is 0.471 e. The van der Waals surface area contributed by atoms with Gasteiger partial charge in [-0.15, -0.1) is 0 Å². The average molecular weight is 437 g/mol. The number of carbonyl (C=O) groups is 1. The molecule has 9 nitrogen and oxygen atoms in total. The number of pyridine rings is 1. The lowest BCUT2D eigenvalue weighted by atomic mass is 10.2. The molecule has 0 radical (unpaired) electrons. The molecular weight excluding hydrogens is 419 g/mol. The third-order valence-corrected chi connectivity index (χ3v) is 3.97. The van der Waals surface area contributed by atoms with Crippen LogP contribution in [0.1, 0.15) is 5.89 Å². The van der Waals surface area contributed by atoms with Crippen molar-refractivity contribution in [1.82, 2.24) is 20.0 Å². The summed E-state index contributed by atoms with van der Waals surface area (Å²) in [7, 11) is 0. The molecule has 0 spiro atoms. The minimum Gasteiger partial charge on any atom is -0.476 e. The number of aromatic nitrogens is 3. The first-order valence-corrected chi connectivity index (χ1v) is 9.09. The quantitative estimate of drug-likeness (QED) is 0.557. The molecule has 0 saturated carbocycles. The summed E-state index contributed by atoms with van der Waals surface area (Å²) >= 11 is 0. The molecule has 0 atom stereocenters. The van der Waals surface area contributed by atoms with Gasteiger partial charge >= 0.3 is 18.1 Å². The minimum absolute atomic E-state index is 0.0819. The molecule has 164 valence electrons. The maximum atomic E-state index is 12.6. The van der Waals surface area contributed by atoms with E-state index < -0.39 is 18.1 Å². The van der Waals surface area contributed by atoms with Crippen molar-refractivity contribution in [2.45, 2.75) is 6.18 Å². The summed E-state index contributed by atoms with van der Waals surface area (Å²) in [5.41, 5.74) is 0.676. The van der Waals surface area contributed by atoms with Crippen LogP contribution in [0, 0.1) is 0 Å². The zero-order chi connectivity index (χ0) is 22.3. The molecule has 0 unspecified atom stereocenters. The van der Waals surface area contributed by atoms with E-state index in [4.69, 9.17) is 4.74 Å². The van der Waals surface area contributed by atoms with Gasteiger partial charge in [-0.05, 0) is 30.3 Å². The lowest BCUT2D eigenvalue weighted by Crippen LogP contribution is -2.39. The van der Waals surface area contributed by atoms with Gasteiger partial charge in [-0.25, -0.2) is 9.78 Å². The predicted molar refractivity (Wildman–Crippen MR) is 102 cm³/mol. The van der Waals surface area contributed by atoms with Crippen LogP contribution in [0.15, 0.2) is 53.2 Å². The van der Waals surface area contributed by atoms with Crippen molar-refractivity contribution >= 4 is 11.7 Å². The highest BCUT2D eigenvalue weighted by Gasteiger charge is 2.38. The van der Waals surface area contributed by atoms with Crippen molar-refractivity contribution in [2.24, 2.45) is 0 Å². The van der Waals surface area contributed by atoms with Gasteiger partial charge in [0.2, 0.25) is 11.7 Å². The lowest BCUT2D eigenvalue weighted by Gasteiger charge is -2.22. The summed E-state index contributed by atoms with van der Waals surface area (Å²) in [6, 6.07) is 10.6. The molecule has 2 heterocycles. The first kappa shape index (κ1) is 22.0. The fourth-order valence-electron chi connectivity index (χ4n) is 2.49. The highest BCUT2D eigenvalue weighted by Crippen LogP contribution is 2.29. The van der Waals surface area contributed by atoms with Crippen LogP contribution >= 0.6 is 0 Å². The first-order chi connectivity index (χ1) is 14.9. The molecule has 3 rings (SSSR count). The topological polar surface area (TPSA) is 114 Å². The number of amides is 2. The van der Waals surface area contributed by atoms with E-state index in [2.05, 4.69) is 25.0 Å². The fourth-order valence-corrected chi connectivity index (χ4v) is 2.49. The Labute approximate surface area is 174 Å². The second kappa shape index (κ2) is 9.89. The van der Waals surface area contributed by atoms with E-state index in [-0.39, 0.29) is 37.7 Å². The number of ether oxygens (including phenoxy) is 1. The summed E-state index contributed by atoms with van der Waals surface area (Å²) < 4.78 is 47.4. The van der Waals surface area contributed by atoms with Crippen LogP contribution in [-0.2, 0) is 6.18 Å². The molecule has 2 amide bonds. The van der Waals surface area contributed by atoms with Gasteiger partial charge in [0.05, 0.1) is 13.2 Å². The van der Waals surface area contributed by atoms with Gasteiger partial charge in [-0.3, -0.25) is 0 Å². The second-order valence-electron chi connectivity index (χ2n) is 6.16. The Morgan fingerprint density at radius 1 is 1.16 bits per heavy atom. The standard InChI is InChI=1S/C19H18F3N5O4/c20-19(21,22)17-25-16(26-31-17)13-4-6-14(7-5-13)24-18(29)27(9-11-28)10-12-30-15-3-1-2-8-23-15/h1-8,28H,9-12H2,(H,24,29). The van der Waals surface area contributed by atoms with Gasteiger partial charge in [0.15, 0.2) is 0 Å². The monoisotopic (exact) mass is 437 g/mol. The summed E-state index contributed by atoms with van der Waals surface area (Å²) in [5, 5.41) is 15.2. The number of rotatable bonds is 8. The Hall–Kier alpha value is -3.67. The van der Waals surface area contributed by atoms with Crippen LogP contribution in [0.25, 0.3) is 11.4 Å². The van der Waals surface area contributed by atoms with Crippen molar-refractivity contribution < 1.29 is 32.3 Å². The number of nitrogens with one attached hydrogen (secondary N) is 1. The number of anilines is 1. The van der Waals surface area contributed by atoms with E-state index in [0.29, 0.717) is 11.6 Å². The summed E-state index contributed by atoms with van der Waals surface area (Å²) in [4.78, 5) is 21.2. The number of hydrogen-bond donors (Lipinski definition) is 2. The highest BCUT2D eigenvalue weighted by atomic mass is 19.4. The van der Waals surface area contributed by atoms with Gasteiger partial charge in [0, 0.05) is 30.1 Å². The van der Waals surface area contributed by atoms with Gasteiger partial charge in [0.25, 0.3) is 0 Å². The molecule has 0 aliphatic heterocycles. The number of halogens is 3. The van der Waals surface area contributed by atoms with E-state index in [9.17, 15) is 23.1 Å². The van der Waals surface area contributed by atoms with Gasteiger partial charge in [-0.1, -0.05) is 11.2 Å². The summed E-state index contributed by atoms with van der Waals surface area (Å²) in [5.74, 6) is -1.25. The van der Waals surface area contributed by atoms with E-state index in [1.54, 1.807) is 24.4 Å². The maximum absolute atomic E-state index is 12.6. The van der Waals surface area contributed by atoms with E-state index in [1.165, 1.54) is 29.2 Å². The van der Waals surface area contributed by atoms with Gasteiger partial charge in [0.1, 0.15) is 6.61 Å². The highest BCUT2D eigenvalue weighted by molar-refractivity contribution is 5.89. The van der Waals surface area contributed by atoms with Crippen LogP contribution < -0.4 is 10.1 Å². The Morgan fingerprint density at radius 3 is 2.55 bits per heavy atom. The number of aliphatic hydroxyl groups is 1. The Kier molecular flexibility index (Phi) is 7.03. The van der Waals surface area contributed by atoms with E-state index >= 15 is 0 Å². The smallest absolute Gasteiger partial charge is 0.471 e. The third-order valence-electron chi connectivity index (χ3n) is 3.97. The lowest BCUT2D eigenvalue weighted by molar-refractivity contribution is -0.159. The van der Waals surface area contributed by atoms with Crippen molar-refractivity contribution in [3.8, 4) is 17.3 Å². The average Bonchev–Trinajstić information content (AvgIpc) is 3.25. The predicted octanol–water partition coefficient (Wildman–Crippen LogP) is 3.06. The number of carbonyl (C=O) groups excluding carboxylic acids is 1. The van der Waals surface area contributed by atoms with Crippen molar-refractivity contribution in [2.75, 3.05) is 31.6 Å². The second-order valence-corrected chi connectivity index (χ2v) is 6.16. The third kappa shape index (κ3) is 6.15. The van der Waals surface area contributed by atoms with Crippen LogP contribution in [-0.4, -0.2) is 57.5 Å². The zero-order valence-corrected chi connectivity index (χ0v) is 16.0. The van der Waals surface area contributed by atoms with Crippen LogP contribution in [0.4, 0.5) is 23.7 Å². The molecule has 12 heteroatoms. The summed E-state index contributed by atoms with van der Waals surface area (Å²) in [6.07, 6.45) is -3.15. The SMILES string of the molecule is O=C(Nc1ccc(-c2noc(C(F)(F)F)n2)cc1)N(CCO)CCOc1ccccn1. The van der Waals surface area contributed by atoms with Gasteiger partial charge in [-0.2, -0.15) is 18.2 Å². The Morgan fingerprint density at radius 2 is 1.94 bits per heavy atom. The number of benzene rings is 1. The zero-order valence-electron chi connectivity index (χ0n) is 16.0. The largest absolute Gasteiger partial charge is 0.476 e. The number of hydrogen-bond acceptors (Lipinski definition) is 7. The fraction of sp³-hybridized carbons (Fsp3) is 0.263. The molecule has 0 bridgehead atoms. The molecule has 0 saturated heterocycles. The molecule has 2 aromatic heterocycles. The summed E-state index contributed by atoms with van der Waals surface area (Å²) in [6.45, 7) is 0.209. The molecule has 0 aliphatic carbocycles. The molecular formula is C19H18F3N5O4. The molecule has 31 heavy (non-hydrogen) atoms. The van der Waals surface area contributed by atoms with Crippen LogP contribution in [0.3, 0.4) is 0 Å². The molecule has 0 fully saturated rings.